The molecule has 6 rings (SSSR count). The van der Waals surface area contributed by atoms with E-state index in [1.54, 1.807) is 55.6 Å². The molecule has 0 aliphatic heterocycles. The average molecular weight is 619 g/mol. The van der Waals surface area contributed by atoms with Gasteiger partial charge < -0.3 is 20.1 Å². The van der Waals surface area contributed by atoms with Gasteiger partial charge in [-0.2, -0.15) is 0 Å². The van der Waals surface area contributed by atoms with Crippen molar-refractivity contribution >= 4 is 11.4 Å². The first-order valence-corrected chi connectivity index (χ1v) is 15.3. The predicted molar refractivity (Wildman–Crippen MR) is 187 cm³/mol. The highest BCUT2D eigenvalue weighted by Gasteiger charge is 2.29. The molecule has 0 fully saturated rings. The molecule has 6 heteroatoms. The van der Waals surface area contributed by atoms with Crippen LogP contribution in [0.5, 0.6) is 23.0 Å². The van der Waals surface area contributed by atoms with Crippen molar-refractivity contribution in [2.45, 2.75) is 12.1 Å². The van der Waals surface area contributed by atoms with Gasteiger partial charge in [0.25, 0.3) is 0 Å². The van der Waals surface area contributed by atoms with Crippen LogP contribution >= 0.6 is 0 Å². The Morgan fingerprint density at radius 1 is 0.426 bits per heavy atom. The van der Waals surface area contributed by atoms with Gasteiger partial charge in [-0.25, -0.2) is 0 Å². The lowest BCUT2D eigenvalue weighted by Crippen LogP contribution is -2.16. The third kappa shape index (κ3) is 6.77. The van der Waals surface area contributed by atoms with Crippen molar-refractivity contribution in [1.82, 2.24) is 0 Å². The summed E-state index contributed by atoms with van der Waals surface area (Å²) in [5.74, 6) is 0.744. The molecular weight excluding hydrogens is 584 g/mol. The SMILES string of the molecule is COc1ccccc1/C(=N\[C@H](c1ccccc1)[C@H](N=C(c1ccccc1O)c1ccccc1O)c1ccccc1)c1ccccc1O. The predicted octanol–water partition coefficient (Wildman–Crippen LogP) is 8.67. The Morgan fingerprint density at radius 3 is 1.13 bits per heavy atom. The first kappa shape index (κ1) is 30.9. The molecular formula is C41H34N2O4. The number of phenols is 3. The molecule has 47 heavy (non-hydrogen) atoms. The summed E-state index contributed by atoms with van der Waals surface area (Å²) in [6.07, 6.45) is 0. The molecule has 6 nitrogen and oxygen atoms in total. The molecule has 0 saturated carbocycles. The van der Waals surface area contributed by atoms with Crippen LogP contribution < -0.4 is 4.74 Å². The lowest BCUT2D eigenvalue weighted by Gasteiger charge is -2.26. The maximum Gasteiger partial charge on any atom is 0.128 e. The fourth-order valence-electron chi connectivity index (χ4n) is 5.66. The maximum atomic E-state index is 11.1. The summed E-state index contributed by atoms with van der Waals surface area (Å²) >= 11 is 0. The molecule has 0 unspecified atom stereocenters. The highest BCUT2D eigenvalue weighted by molar-refractivity contribution is 6.17. The van der Waals surface area contributed by atoms with E-state index in [9.17, 15) is 15.3 Å². The van der Waals surface area contributed by atoms with E-state index >= 15 is 0 Å². The van der Waals surface area contributed by atoms with Gasteiger partial charge in [-0.05, 0) is 59.7 Å². The Bertz CT molecular complexity index is 1980. The first-order valence-electron chi connectivity index (χ1n) is 15.3. The molecule has 6 aromatic rings. The average Bonchev–Trinajstić information content (AvgIpc) is 3.12. The topological polar surface area (TPSA) is 94.6 Å². The summed E-state index contributed by atoms with van der Waals surface area (Å²) in [6, 6.07) is 47.0. The number of ether oxygens (including phenoxy) is 1. The fraction of sp³-hybridized carbons (Fsp3) is 0.0732. The quantitative estimate of drug-likeness (QED) is 0.134. The van der Waals surface area contributed by atoms with Crippen molar-refractivity contribution in [3.05, 3.63) is 191 Å². The largest absolute Gasteiger partial charge is 0.507 e. The second-order valence-corrected chi connectivity index (χ2v) is 10.9. The van der Waals surface area contributed by atoms with Crippen LogP contribution in [0.15, 0.2) is 168 Å². The molecule has 6 aromatic carbocycles. The van der Waals surface area contributed by atoms with Crippen molar-refractivity contribution in [2.24, 2.45) is 9.98 Å². The van der Waals surface area contributed by atoms with E-state index in [1.165, 1.54) is 0 Å². The summed E-state index contributed by atoms with van der Waals surface area (Å²) in [7, 11) is 1.61. The number of phenolic OH excluding ortho intramolecular Hbond substituents is 3. The van der Waals surface area contributed by atoms with Crippen LogP contribution in [-0.4, -0.2) is 33.9 Å². The van der Waals surface area contributed by atoms with Crippen LogP contribution in [-0.2, 0) is 0 Å². The molecule has 0 bridgehead atoms. The van der Waals surface area contributed by atoms with Gasteiger partial charge >= 0.3 is 0 Å². The standard InChI is InChI=1S/C41H34N2O4/c1-47-37-27-15-11-23-33(37)41(32-22-10-14-26-36(32)46)43-39(29-18-6-3-7-19-29)38(28-16-4-2-5-17-28)42-40(30-20-8-12-24-34(30)44)31-21-9-13-25-35(31)45/h2-27,38-39,44-46H,1H3/b43-41-/t38-,39-/m1/s1. The molecule has 0 amide bonds. The highest BCUT2D eigenvalue weighted by Crippen LogP contribution is 2.40. The van der Waals surface area contributed by atoms with Crippen LogP contribution in [0.4, 0.5) is 0 Å². The van der Waals surface area contributed by atoms with Gasteiger partial charge in [0.05, 0.1) is 18.5 Å². The zero-order chi connectivity index (χ0) is 32.6. The summed E-state index contributed by atoms with van der Waals surface area (Å²) in [5.41, 5.74) is 4.86. The second kappa shape index (κ2) is 14.3. The van der Waals surface area contributed by atoms with Crippen LogP contribution in [0, 0.1) is 0 Å². The Kier molecular flexibility index (Phi) is 9.40. The highest BCUT2D eigenvalue weighted by atomic mass is 16.5. The number of aromatic hydroxyl groups is 3. The Hall–Kier alpha value is -6.14. The second-order valence-electron chi connectivity index (χ2n) is 10.9. The van der Waals surface area contributed by atoms with Gasteiger partial charge in [0, 0.05) is 22.3 Å². The third-order valence-corrected chi connectivity index (χ3v) is 7.96. The van der Waals surface area contributed by atoms with Gasteiger partial charge in [-0.3, -0.25) is 9.98 Å². The van der Waals surface area contributed by atoms with Gasteiger partial charge in [0.15, 0.2) is 0 Å². The molecule has 0 heterocycles. The van der Waals surface area contributed by atoms with Gasteiger partial charge in [-0.1, -0.05) is 109 Å². The smallest absolute Gasteiger partial charge is 0.128 e. The Labute approximate surface area is 274 Å². The maximum absolute atomic E-state index is 11.1. The van der Waals surface area contributed by atoms with E-state index < -0.39 is 12.1 Å². The molecule has 232 valence electrons. The van der Waals surface area contributed by atoms with E-state index in [4.69, 9.17) is 14.7 Å². The molecule has 3 N–H and O–H groups in total. The number of rotatable bonds is 10. The minimum atomic E-state index is -0.650. The normalized spacial score (nSPS) is 12.6. The molecule has 0 saturated heterocycles. The fourth-order valence-corrected chi connectivity index (χ4v) is 5.66. The lowest BCUT2D eigenvalue weighted by molar-refractivity contribution is 0.414. The van der Waals surface area contributed by atoms with Crippen molar-refractivity contribution in [1.29, 1.82) is 0 Å². The summed E-state index contributed by atoms with van der Waals surface area (Å²) in [4.78, 5) is 10.8. The van der Waals surface area contributed by atoms with Gasteiger partial charge in [0.1, 0.15) is 35.1 Å². The number of nitrogens with zero attached hydrogens (tertiary/aromatic N) is 2. The number of aliphatic imine (C=N–C) groups is 2. The van der Waals surface area contributed by atoms with Crippen LogP contribution in [0.25, 0.3) is 0 Å². The van der Waals surface area contributed by atoms with Crippen molar-refractivity contribution in [3.63, 3.8) is 0 Å². The van der Waals surface area contributed by atoms with Crippen molar-refractivity contribution in [2.75, 3.05) is 7.11 Å². The van der Waals surface area contributed by atoms with Crippen molar-refractivity contribution < 1.29 is 20.1 Å². The molecule has 0 aromatic heterocycles. The van der Waals surface area contributed by atoms with Crippen LogP contribution in [0.3, 0.4) is 0 Å². The number of hydrogen-bond acceptors (Lipinski definition) is 6. The zero-order valence-corrected chi connectivity index (χ0v) is 25.8. The third-order valence-electron chi connectivity index (χ3n) is 7.96. The minimum Gasteiger partial charge on any atom is -0.507 e. The monoisotopic (exact) mass is 618 g/mol. The first-order chi connectivity index (χ1) is 23.0. The number of benzene rings is 6. The Balaban J connectivity index is 1.69. The summed E-state index contributed by atoms with van der Waals surface area (Å²) in [6.45, 7) is 0. The van der Waals surface area contributed by atoms with E-state index in [-0.39, 0.29) is 17.2 Å². The van der Waals surface area contributed by atoms with E-state index in [0.29, 0.717) is 39.4 Å². The summed E-state index contributed by atoms with van der Waals surface area (Å²) in [5, 5.41) is 33.3. The molecule has 2 atom stereocenters. The van der Waals surface area contributed by atoms with E-state index in [2.05, 4.69) is 0 Å². The van der Waals surface area contributed by atoms with Crippen LogP contribution in [0.2, 0.25) is 0 Å². The summed E-state index contributed by atoms with van der Waals surface area (Å²) < 4.78 is 5.78. The molecule has 0 radical (unpaired) electrons. The lowest BCUT2D eigenvalue weighted by atomic mass is 9.91. The van der Waals surface area contributed by atoms with Crippen LogP contribution in [0.1, 0.15) is 45.5 Å². The molecule has 0 aliphatic carbocycles. The molecule has 0 aliphatic rings. The number of para-hydroxylation sites is 4. The molecule has 0 spiro atoms. The zero-order valence-electron chi connectivity index (χ0n) is 25.8. The minimum absolute atomic E-state index is 0.0324. The van der Waals surface area contributed by atoms with E-state index in [0.717, 1.165) is 11.1 Å². The number of hydrogen-bond donors (Lipinski definition) is 3. The van der Waals surface area contributed by atoms with Crippen molar-refractivity contribution in [3.8, 4) is 23.0 Å². The van der Waals surface area contributed by atoms with E-state index in [1.807, 2.05) is 109 Å². The van der Waals surface area contributed by atoms with Gasteiger partial charge in [0.2, 0.25) is 0 Å². The van der Waals surface area contributed by atoms with Gasteiger partial charge in [-0.15, -0.1) is 0 Å². The Morgan fingerprint density at radius 2 is 0.745 bits per heavy atom. The number of methoxy groups -OCH3 is 1.